The molecule has 20 heavy (non-hydrogen) atoms. The van der Waals surface area contributed by atoms with Crippen molar-refractivity contribution >= 4 is 17.3 Å². The van der Waals surface area contributed by atoms with E-state index in [-0.39, 0.29) is 5.91 Å². The van der Waals surface area contributed by atoms with E-state index in [0.29, 0.717) is 30.1 Å². The van der Waals surface area contributed by atoms with Gasteiger partial charge in [-0.25, -0.2) is 0 Å². The molecule has 6 nitrogen and oxygen atoms in total. The average Bonchev–Trinajstić information content (AvgIpc) is 2.48. The predicted octanol–water partition coefficient (Wildman–Crippen LogP) is 1.63. The number of amides is 1. The van der Waals surface area contributed by atoms with Crippen LogP contribution in [0.4, 0.5) is 11.4 Å². The normalized spacial score (nSPS) is 15.8. The van der Waals surface area contributed by atoms with Crippen molar-refractivity contribution in [3.8, 4) is 5.75 Å². The molecular weight excluding hydrogens is 258 g/mol. The predicted molar refractivity (Wildman–Crippen MR) is 77.4 cm³/mol. The van der Waals surface area contributed by atoms with Crippen LogP contribution in [-0.4, -0.2) is 37.8 Å². The Balaban J connectivity index is 1.84. The standard InChI is InChI=1S/C14H21N3O3/c1-19-13-10-11(15)4-5-12(13)16-14(18)6-8-17-7-2-3-9-20-17/h4-5,10H,2-3,6-9,15H2,1H3,(H,16,18). The van der Waals surface area contributed by atoms with E-state index >= 15 is 0 Å². The number of rotatable bonds is 5. The second kappa shape index (κ2) is 7.12. The number of methoxy groups -OCH3 is 1. The van der Waals surface area contributed by atoms with Crippen LogP contribution in [0.15, 0.2) is 18.2 Å². The average molecular weight is 279 g/mol. The molecule has 1 fully saturated rings. The molecular formula is C14H21N3O3. The third-order valence-corrected chi connectivity index (χ3v) is 3.16. The number of hydroxylamine groups is 2. The Morgan fingerprint density at radius 1 is 1.50 bits per heavy atom. The third-order valence-electron chi connectivity index (χ3n) is 3.16. The highest BCUT2D eigenvalue weighted by atomic mass is 16.7. The highest BCUT2D eigenvalue weighted by Crippen LogP contribution is 2.26. The quantitative estimate of drug-likeness (QED) is 0.801. The Morgan fingerprint density at radius 2 is 2.35 bits per heavy atom. The number of nitrogens with one attached hydrogen (secondary N) is 1. The number of nitrogen functional groups attached to an aromatic ring is 1. The highest BCUT2D eigenvalue weighted by Gasteiger charge is 2.13. The summed E-state index contributed by atoms with van der Waals surface area (Å²) in [7, 11) is 1.55. The molecule has 1 aliphatic heterocycles. The Labute approximate surface area is 118 Å². The number of carbonyl (C=O) groups is 1. The van der Waals surface area contributed by atoms with E-state index in [1.165, 1.54) is 0 Å². The number of hydrogen-bond acceptors (Lipinski definition) is 5. The zero-order chi connectivity index (χ0) is 14.4. The first kappa shape index (κ1) is 14.6. The van der Waals surface area contributed by atoms with E-state index in [1.807, 2.05) is 5.06 Å². The summed E-state index contributed by atoms with van der Waals surface area (Å²) in [5, 5.41) is 4.68. The zero-order valence-corrected chi connectivity index (χ0v) is 11.7. The minimum Gasteiger partial charge on any atom is -0.494 e. The minimum atomic E-state index is -0.0674. The number of nitrogens with zero attached hydrogens (tertiary/aromatic N) is 1. The van der Waals surface area contributed by atoms with Crippen LogP contribution in [0, 0.1) is 0 Å². The molecule has 1 heterocycles. The molecule has 0 spiro atoms. The van der Waals surface area contributed by atoms with Crippen molar-refractivity contribution in [1.29, 1.82) is 0 Å². The fraction of sp³-hybridized carbons (Fsp3) is 0.500. The van der Waals surface area contributed by atoms with Gasteiger partial charge in [0.2, 0.25) is 5.91 Å². The van der Waals surface area contributed by atoms with Crippen molar-refractivity contribution in [2.75, 3.05) is 37.9 Å². The monoisotopic (exact) mass is 279 g/mol. The van der Waals surface area contributed by atoms with Crippen LogP contribution in [0.5, 0.6) is 5.75 Å². The van der Waals surface area contributed by atoms with Gasteiger partial charge in [-0.15, -0.1) is 0 Å². The maximum atomic E-state index is 11.9. The van der Waals surface area contributed by atoms with E-state index < -0.39 is 0 Å². The number of benzene rings is 1. The number of hydrogen-bond donors (Lipinski definition) is 2. The second-order valence-electron chi connectivity index (χ2n) is 4.73. The molecule has 0 atom stereocenters. The van der Waals surface area contributed by atoms with Gasteiger partial charge in [0, 0.05) is 31.3 Å². The Kier molecular flexibility index (Phi) is 5.20. The molecule has 0 aliphatic carbocycles. The minimum absolute atomic E-state index is 0.0674. The first-order chi connectivity index (χ1) is 9.69. The van der Waals surface area contributed by atoms with Gasteiger partial charge in [-0.1, -0.05) is 0 Å². The summed E-state index contributed by atoms with van der Waals surface area (Å²) in [6.07, 6.45) is 2.59. The van der Waals surface area contributed by atoms with Crippen molar-refractivity contribution in [2.24, 2.45) is 0 Å². The Bertz CT molecular complexity index is 459. The molecule has 1 aliphatic rings. The molecule has 0 aromatic heterocycles. The van der Waals surface area contributed by atoms with Gasteiger partial charge in [0.05, 0.1) is 19.4 Å². The fourth-order valence-electron chi connectivity index (χ4n) is 2.07. The van der Waals surface area contributed by atoms with Gasteiger partial charge in [-0.3, -0.25) is 9.63 Å². The molecule has 2 rings (SSSR count). The fourth-order valence-corrected chi connectivity index (χ4v) is 2.07. The molecule has 0 unspecified atom stereocenters. The molecule has 1 aromatic carbocycles. The van der Waals surface area contributed by atoms with Crippen LogP contribution in [0.25, 0.3) is 0 Å². The van der Waals surface area contributed by atoms with Gasteiger partial charge in [0.15, 0.2) is 0 Å². The van der Waals surface area contributed by atoms with Crippen molar-refractivity contribution in [2.45, 2.75) is 19.3 Å². The number of carbonyl (C=O) groups excluding carboxylic acids is 1. The van der Waals surface area contributed by atoms with E-state index in [2.05, 4.69) is 5.32 Å². The van der Waals surface area contributed by atoms with Gasteiger partial charge in [0.25, 0.3) is 0 Å². The van der Waals surface area contributed by atoms with Crippen molar-refractivity contribution < 1.29 is 14.4 Å². The summed E-state index contributed by atoms with van der Waals surface area (Å²) in [4.78, 5) is 17.4. The summed E-state index contributed by atoms with van der Waals surface area (Å²) in [6.45, 7) is 2.23. The Hall–Kier alpha value is -1.79. The summed E-state index contributed by atoms with van der Waals surface area (Å²) in [5.74, 6) is 0.495. The maximum Gasteiger partial charge on any atom is 0.225 e. The first-order valence-corrected chi connectivity index (χ1v) is 6.80. The van der Waals surface area contributed by atoms with Crippen molar-refractivity contribution in [1.82, 2.24) is 5.06 Å². The lowest BCUT2D eigenvalue weighted by atomic mass is 10.2. The third kappa shape index (κ3) is 4.11. The number of nitrogens with two attached hydrogens (primary N) is 1. The molecule has 1 amide bonds. The van der Waals surface area contributed by atoms with Crippen LogP contribution < -0.4 is 15.8 Å². The molecule has 0 saturated carbocycles. The van der Waals surface area contributed by atoms with Gasteiger partial charge >= 0.3 is 0 Å². The number of ether oxygens (including phenoxy) is 1. The largest absolute Gasteiger partial charge is 0.494 e. The zero-order valence-electron chi connectivity index (χ0n) is 11.7. The first-order valence-electron chi connectivity index (χ1n) is 6.80. The Morgan fingerprint density at radius 3 is 3.05 bits per heavy atom. The lowest BCUT2D eigenvalue weighted by Gasteiger charge is -2.25. The SMILES string of the molecule is COc1cc(N)ccc1NC(=O)CCN1CCCCO1. The second-order valence-corrected chi connectivity index (χ2v) is 4.73. The summed E-state index contributed by atoms with van der Waals surface area (Å²) >= 11 is 0. The maximum absolute atomic E-state index is 11.9. The van der Waals surface area contributed by atoms with E-state index in [0.717, 1.165) is 26.0 Å². The smallest absolute Gasteiger partial charge is 0.225 e. The van der Waals surface area contributed by atoms with Gasteiger partial charge in [-0.2, -0.15) is 5.06 Å². The van der Waals surface area contributed by atoms with Crippen LogP contribution in [0.1, 0.15) is 19.3 Å². The molecule has 6 heteroatoms. The van der Waals surface area contributed by atoms with Crippen LogP contribution >= 0.6 is 0 Å². The van der Waals surface area contributed by atoms with E-state index in [9.17, 15) is 4.79 Å². The summed E-state index contributed by atoms with van der Waals surface area (Å²) in [6, 6.07) is 5.15. The van der Waals surface area contributed by atoms with Gasteiger partial charge < -0.3 is 15.8 Å². The summed E-state index contributed by atoms with van der Waals surface area (Å²) < 4.78 is 5.19. The van der Waals surface area contributed by atoms with Gasteiger partial charge in [0.1, 0.15) is 5.75 Å². The molecule has 0 bridgehead atoms. The van der Waals surface area contributed by atoms with Crippen LogP contribution in [0.3, 0.4) is 0 Å². The molecule has 110 valence electrons. The lowest BCUT2D eigenvalue weighted by Crippen LogP contribution is -2.32. The van der Waals surface area contributed by atoms with Gasteiger partial charge in [-0.05, 0) is 25.0 Å². The molecule has 3 N–H and O–H groups in total. The highest BCUT2D eigenvalue weighted by molar-refractivity contribution is 5.92. The topological polar surface area (TPSA) is 76.8 Å². The van der Waals surface area contributed by atoms with E-state index in [4.69, 9.17) is 15.3 Å². The molecule has 1 aromatic rings. The van der Waals surface area contributed by atoms with E-state index in [1.54, 1.807) is 25.3 Å². The van der Waals surface area contributed by atoms with Crippen molar-refractivity contribution in [3.05, 3.63) is 18.2 Å². The molecule has 1 saturated heterocycles. The van der Waals surface area contributed by atoms with Crippen LogP contribution in [-0.2, 0) is 9.63 Å². The van der Waals surface area contributed by atoms with Crippen LogP contribution in [0.2, 0.25) is 0 Å². The number of anilines is 2. The lowest BCUT2D eigenvalue weighted by molar-refractivity contribution is -0.181. The van der Waals surface area contributed by atoms with Crippen molar-refractivity contribution in [3.63, 3.8) is 0 Å². The molecule has 0 radical (unpaired) electrons. The summed E-state index contributed by atoms with van der Waals surface area (Å²) in [5.41, 5.74) is 6.90.